The van der Waals surface area contributed by atoms with Crippen LogP contribution in [-0.4, -0.2) is 17.7 Å². The van der Waals surface area contributed by atoms with Crippen LogP contribution >= 0.6 is 0 Å². The third-order valence-corrected chi connectivity index (χ3v) is 4.79. The molecule has 0 saturated heterocycles. The second-order valence-electron chi connectivity index (χ2n) is 7.21. The number of hydrogen-bond acceptors (Lipinski definition) is 3. The monoisotopic (exact) mass is 341 g/mol. The second kappa shape index (κ2) is 20.5. The molecule has 1 N–H and O–H groups in total. The summed E-state index contributed by atoms with van der Waals surface area (Å²) in [6.45, 7) is 0.352. The average Bonchev–Trinajstić information content (AvgIpc) is 2.56. The number of aliphatic hydroxyl groups is 1. The number of unbranched alkanes of at least 4 members (excludes halogenated alkanes) is 17. The van der Waals surface area contributed by atoms with Crippen LogP contribution in [0.25, 0.3) is 0 Å². The van der Waals surface area contributed by atoms with Crippen LogP contribution in [0.1, 0.15) is 122 Å². The van der Waals surface area contributed by atoms with Gasteiger partial charge in [-0.3, -0.25) is 0 Å². The molecule has 0 aliphatic rings. The van der Waals surface area contributed by atoms with Crippen molar-refractivity contribution in [1.82, 2.24) is 0 Å². The lowest BCUT2D eigenvalue weighted by Crippen LogP contribution is -2.21. The van der Waals surface area contributed by atoms with E-state index >= 15 is 0 Å². The minimum atomic E-state index is -0.909. The number of carboxylic acids is 1. The summed E-state index contributed by atoms with van der Waals surface area (Å²) in [5.74, 6) is -0.909. The molecule has 0 aromatic heterocycles. The van der Waals surface area contributed by atoms with Gasteiger partial charge in [-0.15, -0.1) is 0 Å². The highest BCUT2D eigenvalue weighted by atomic mass is 16.4. The Bertz CT molecular complexity index is 253. The van der Waals surface area contributed by atoms with Crippen molar-refractivity contribution in [2.24, 2.45) is 0 Å². The van der Waals surface area contributed by atoms with Gasteiger partial charge in [0.2, 0.25) is 0 Å². The lowest BCUT2D eigenvalue weighted by atomic mass is 10.0. The molecule has 0 heterocycles. The van der Waals surface area contributed by atoms with Crippen LogP contribution in [0.15, 0.2) is 0 Å². The normalized spacial score (nSPS) is 11.0. The Balaban J connectivity index is 2.97. The molecule has 0 bridgehead atoms. The average molecular weight is 342 g/mol. The van der Waals surface area contributed by atoms with Gasteiger partial charge in [0, 0.05) is 12.6 Å². The molecule has 0 spiro atoms. The number of aliphatic carboxylic acids is 1. The highest BCUT2D eigenvalue weighted by molar-refractivity contribution is 5.63. The van der Waals surface area contributed by atoms with Crippen molar-refractivity contribution >= 4 is 5.97 Å². The first-order valence-corrected chi connectivity index (χ1v) is 10.6. The maximum atomic E-state index is 10.3. The van der Waals surface area contributed by atoms with E-state index in [2.05, 4.69) is 0 Å². The molecule has 0 fully saturated rings. The lowest BCUT2D eigenvalue weighted by molar-refractivity contribution is -0.305. The SMILES string of the molecule is O=C([O-])CCCCCCCCCCCCCCCCCCCCO. The van der Waals surface area contributed by atoms with Crippen molar-refractivity contribution in [2.75, 3.05) is 6.61 Å². The van der Waals surface area contributed by atoms with Crippen molar-refractivity contribution in [1.29, 1.82) is 0 Å². The minimum absolute atomic E-state index is 0.226. The van der Waals surface area contributed by atoms with Gasteiger partial charge in [-0.1, -0.05) is 103 Å². The maximum Gasteiger partial charge on any atom is 0.0431 e. The molecule has 0 aromatic rings. The molecule has 3 nitrogen and oxygen atoms in total. The fraction of sp³-hybridized carbons (Fsp3) is 0.952. The van der Waals surface area contributed by atoms with Crippen LogP contribution in [0.5, 0.6) is 0 Å². The fourth-order valence-electron chi connectivity index (χ4n) is 3.21. The summed E-state index contributed by atoms with van der Waals surface area (Å²) in [7, 11) is 0. The predicted octanol–water partition coefficient (Wildman–Crippen LogP) is 5.14. The molecule has 3 heteroatoms. The van der Waals surface area contributed by atoms with E-state index in [0.717, 1.165) is 19.3 Å². The Hall–Kier alpha value is -0.570. The third kappa shape index (κ3) is 21.4. The molecular weight excluding hydrogens is 300 g/mol. The first kappa shape index (κ1) is 23.4. The topological polar surface area (TPSA) is 60.4 Å². The molecule has 0 radical (unpaired) electrons. The summed E-state index contributed by atoms with van der Waals surface area (Å²) < 4.78 is 0. The van der Waals surface area contributed by atoms with Crippen molar-refractivity contribution in [2.45, 2.75) is 122 Å². The van der Waals surface area contributed by atoms with Crippen molar-refractivity contribution < 1.29 is 15.0 Å². The maximum absolute atomic E-state index is 10.3. The zero-order chi connectivity index (χ0) is 17.7. The molecule has 0 saturated carbocycles. The zero-order valence-electron chi connectivity index (χ0n) is 15.9. The minimum Gasteiger partial charge on any atom is -0.550 e. The van der Waals surface area contributed by atoms with Crippen LogP contribution in [0.3, 0.4) is 0 Å². The lowest BCUT2D eigenvalue weighted by Gasteiger charge is -2.04. The molecule has 0 unspecified atom stereocenters. The van der Waals surface area contributed by atoms with Crippen LogP contribution in [0.4, 0.5) is 0 Å². The summed E-state index contributed by atoms with van der Waals surface area (Å²) in [6, 6.07) is 0. The van der Waals surface area contributed by atoms with Gasteiger partial charge in [-0.05, 0) is 19.3 Å². The Morgan fingerprint density at radius 1 is 0.500 bits per heavy atom. The highest BCUT2D eigenvalue weighted by Gasteiger charge is 1.95. The molecule has 0 rings (SSSR count). The summed E-state index contributed by atoms with van der Waals surface area (Å²) in [4.78, 5) is 10.3. The van der Waals surface area contributed by atoms with E-state index in [1.807, 2.05) is 0 Å². The van der Waals surface area contributed by atoms with Gasteiger partial charge in [-0.2, -0.15) is 0 Å². The smallest absolute Gasteiger partial charge is 0.0431 e. The molecule has 144 valence electrons. The van der Waals surface area contributed by atoms with Crippen LogP contribution < -0.4 is 5.11 Å². The Labute approximate surface area is 150 Å². The predicted molar refractivity (Wildman–Crippen MR) is 99.8 cm³/mol. The van der Waals surface area contributed by atoms with Gasteiger partial charge >= 0.3 is 0 Å². The molecule has 0 atom stereocenters. The largest absolute Gasteiger partial charge is 0.550 e. The van der Waals surface area contributed by atoms with E-state index in [1.54, 1.807) is 0 Å². The Morgan fingerprint density at radius 2 is 0.750 bits per heavy atom. The quantitative estimate of drug-likeness (QED) is 0.312. The van der Waals surface area contributed by atoms with E-state index in [-0.39, 0.29) is 6.42 Å². The van der Waals surface area contributed by atoms with Gasteiger partial charge in [-0.25, -0.2) is 0 Å². The van der Waals surface area contributed by atoms with E-state index in [1.165, 1.54) is 96.3 Å². The fourth-order valence-corrected chi connectivity index (χ4v) is 3.21. The number of carbonyl (C=O) groups is 1. The first-order valence-electron chi connectivity index (χ1n) is 10.6. The summed E-state index contributed by atoms with van der Waals surface area (Å²) in [5.41, 5.74) is 0. The van der Waals surface area contributed by atoms with Crippen LogP contribution in [-0.2, 0) is 4.79 Å². The van der Waals surface area contributed by atoms with Crippen molar-refractivity contribution in [3.63, 3.8) is 0 Å². The number of aliphatic hydroxyl groups excluding tert-OH is 1. The van der Waals surface area contributed by atoms with Gasteiger partial charge < -0.3 is 15.0 Å². The molecule has 0 aromatic carbocycles. The highest BCUT2D eigenvalue weighted by Crippen LogP contribution is 2.14. The molecule has 0 aliphatic heterocycles. The van der Waals surface area contributed by atoms with Crippen molar-refractivity contribution in [3.8, 4) is 0 Å². The van der Waals surface area contributed by atoms with Crippen LogP contribution in [0, 0.1) is 0 Å². The zero-order valence-corrected chi connectivity index (χ0v) is 15.9. The second-order valence-corrected chi connectivity index (χ2v) is 7.21. The van der Waals surface area contributed by atoms with Gasteiger partial charge in [0.25, 0.3) is 0 Å². The number of carbonyl (C=O) groups excluding carboxylic acids is 1. The first-order chi connectivity index (χ1) is 11.8. The Morgan fingerprint density at radius 3 is 1.00 bits per heavy atom. The van der Waals surface area contributed by atoms with E-state index in [9.17, 15) is 9.90 Å². The van der Waals surface area contributed by atoms with Gasteiger partial charge in [0.05, 0.1) is 0 Å². The van der Waals surface area contributed by atoms with Crippen LogP contribution in [0.2, 0.25) is 0 Å². The number of hydrogen-bond donors (Lipinski definition) is 1. The summed E-state index contributed by atoms with van der Waals surface area (Å²) >= 11 is 0. The number of rotatable bonds is 20. The van der Waals surface area contributed by atoms with Crippen molar-refractivity contribution in [3.05, 3.63) is 0 Å². The molecular formula is C21H41O3-. The van der Waals surface area contributed by atoms with Gasteiger partial charge in [0.1, 0.15) is 0 Å². The summed E-state index contributed by atoms with van der Waals surface area (Å²) in [5, 5.41) is 19.0. The Kier molecular flexibility index (Phi) is 20.0. The number of carboxylic acid groups (broad SMARTS) is 1. The van der Waals surface area contributed by atoms with E-state index in [0.29, 0.717) is 6.61 Å². The molecule has 0 aliphatic carbocycles. The molecule has 0 amide bonds. The van der Waals surface area contributed by atoms with E-state index in [4.69, 9.17) is 5.11 Å². The molecule has 24 heavy (non-hydrogen) atoms. The standard InChI is InChI=1S/C21H42O3/c22-20-18-16-14-12-10-8-6-4-2-1-3-5-7-9-11-13-15-17-19-21(23)24/h22H,1-20H2,(H,23,24)/p-1. The summed E-state index contributed by atoms with van der Waals surface area (Å²) in [6.07, 6.45) is 23.0. The third-order valence-electron chi connectivity index (χ3n) is 4.79. The van der Waals surface area contributed by atoms with E-state index < -0.39 is 5.97 Å². The van der Waals surface area contributed by atoms with Gasteiger partial charge in [0.15, 0.2) is 0 Å².